The molecule has 0 atom stereocenters. The van der Waals surface area contributed by atoms with Crippen LogP contribution in [0.4, 0.5) is 5.82 Å². The minimum atomic E-state index is -0.240. The van der Waals surface area contributed by atoms with Crippen molar-refractivity contribution in [3.05, 3.63) is 38.9 Å². The van der Waals surface area contributed by atoms with E-state index in [9.17, 15) is 4.79 Å². The first kappa shape index (κ1) is 11.2. The number of amides is 1. The number of nitrogens with zero attached hydrogens (tertiary/aromatic N) is 2. The van der Waals surface area contributed by atoms with Crippen LogP contribution in [0.2, 0.25) is 0 Å². The molecule has 6 heteroatoms. The fourth-order valence-corrected chi connectivity index (χ4v) is 1.87. The molecule has 0 bridgehead atoms. The van der Waals surface area contributed by atoms with Crippen molar-refractivity contribution in [3.63, 3.8) is 0 Å². The highest BCUT2D eigenvalue weighted by molar-refractivity contribution is 9.10. The molecule has 0 spiro atoms. The van der Waals surface area contributed by atoms with Gasteiger partial charge in [-0.1, -0.05) is 0 Å². The van der Waals surface area contributed by atoms with Crippen LogP contribution in [0.1, 0.15) is 16.2 Å². The van der Waals surface area contributed by atoms with Gasteiger partial charge in [0.15, 0.2) is 0 Å². The van der Waals surface area contributed by atoms with Gasteiger partial charge in [-0.3, -0.25) is 4.79 Å². The van der Waals surface area contributed by atoms with Gasteiger partial charge >= 0.3 is 0 Å². The number of aryl methyl sites for hydroxylation is 1. The Balaban J connectivity index is 2.15. The summed E-state index contributed by atoms with van der Waals surface area (Å²) < 4.78 is 0.916. The fraction of sp³-hybridized carbons (Fsp3) is 0.100. The fourth-order valence-electron chi connectivity index (χ4n) is 1.12. The molecule has 16 heavy (non-hydrogen) atoms. The van der Waals surface area contributed by atoms with Crippen LogP contribution in [0.25, 0.3) is 0 Å². The molecule has 0 saturated carbocycles. The van der Waals surface area contributed by atoms with E-state index in [4.69, 9.17) is 0 Å². The van der Waals surface area contributed by atoms with Gasteiger partial charge in [0, 0.05) is 9.85 Å². The van der Waals surface area contributed by atoms with Crippen molar-refractivity contribution in [1.29, 1.82) is 0 Å². The second kappa shape index (κ2) is 4.71. The minimum absolute atomic E-state index is 0.240. The van der Waals surface area contributed by atoms with E-state index in [1.54, 1.807) is 17.0 Å². The van der Waals surface area contributed by atoms with Crippen LogP contribution in [0.5, 0.6) is 0 Å². The summed E-state index contributed by atoms with van der Waals surface area (Å²) in [5.41, 5.74) is 2.86. The summed E-state index contributed by atoms with van der Waals surface area (Å²) in [7, 11) is 0. The summed E-state index contributed by atoms with van der Waals surface area (Å²) >= 11 is 4.73. The smallest absolute Gasteiger partial charge is 0.276 e. The van der Waals surface area contributed by atoms with Gasteiger partial charge < -0.3 is 5.32 Å². The number of hydrogen-bond donors (Lipinski definition) is 1. The van der Waals surface area contributed by atoms with Crippen LogP contribution >= 0.6 is 27.3 Å². The number of nitrogens with one attached hydrogen (secondary N) is 1. The van der Waals surface area contributed by atoms with Crippen LogP contribution in [-0.2, 0) is 0 Å². The first-order chi connectivity index (χ1) is 7.66. The molecule has 4 nitrogen and oxygen atoms in total. The Morgan fingerprint density at radius 1 is 1.50 bits per heavy atom. The third kappa shape index (κ3) is 2.45. The summed E-state index contributed by atoms with van der Waals surface area (Å²) in [6, 6.07) is 3.58. The van der Waals surface area contributed by atoms with Gasteiger partial charge in [-0.05, 0) is 35.0 Å². The largest absolute Gasteiger partial charge is 0.305 e. The molecule has 0 aromatic carbocycles. The predicted molar refractivity (Wildman–Crippen MR) is 66.7 cm³/mol. The Morgan fingerprint density at radius 3 is 2.94 bits per heavy atom. The Kier molecular flexibility index (Phi) is 3.31. The first-order valence-corrected chi connectivity index (χ1v) is 6.23. The molecule has 0 unspecified atom stereocenters. The normalized spacial score (nSPS) is 10.1. The highest BCUT2D eigenvalue weighted by Crippen LogP contribution is 2.16. The zero-order chi connectivity index (χ0) is 11.5. The van der Waals surface area contributed by atoms with Crippen molar-refractivity contribution in [1.82, 2.24) is 9.97 Å². The molecular weight excluding hydrogens is 290 g/mol. The predicted octanol–water partition coefficient (Wildman–Crippen LogP) is 2.86. The summed E-state index contributed by atoms with van der Waals surface area (Å²) in [4.78, 5) is 19.8. The molecule has 1 N–H and O–H groups in total. The lowest BCUT2D eigenvalue weighted by Crippen LogP contribution is -2.13. The van der Waals surface area contributed by atoms with E-state index in [1.807, 2.05) is 13.0 Å². The van der Waals surface area contributed by atoms with Crippen LogP contribution in [0.3, 0.4) is 0 Å². The molecule has 0 radical (unpaired) electrons. The lowest BCUT2D eigenvalue weighted by atomic mass is 10.3. The van der Waals surface area contributed by atoms with Crippen LogP contribution < -0.4 is 5.32 Å². The van der Waals surface area contributed by atoms with E-state index in [1.165, 1.54) is 11.3 Å². The van der Waals surface area contributed by atoms with Crippen molar-refractivity contribution in [2.45, 2.75) is 6.92 Å². The van der Waals surface area contributed by atoms with Crippen molar-refractivity contribution in [3.8, 4) is 0 Å². The monoisotopic (exact) mass is 297 g/mol. The topological polar surface area (TPSA) is 54.9 Å². The molecule has 0 aliphatic rings. The molecule has 0 aliphatic heterocycles. The zero-order valence-corrected chi connectivity index (χ0v) is 10.8. The van der Waals surface area contributed by atoms with E-state index < -0.39 is 0 Å². The van der Waals surface area contributed by atoms with Gasteiger partial charge in [0.2, 0.25) is 0 Å². The molecule has 1 amide bonds. The van der Waals surface area contributed by atoms with Crippen LogP contribution in [0.15, 0.2) is 27.5 Å². The van der Waals surface area contributed by atoms with Crippen molar-refractivity contribution in [2.75, 3.05) is 5.32 Å². The number of hydrogen-bond acceptors (Lipinski definition) is 4. The molecule has 82 valence electrons. The van der Waals surface area contributed by atoms with Gasteiger partial charge in [0.1, 0.15) is 11.5 Å². The lowest BCUT2D eigenvalue weighted by Gasteiger charge is -2.04. The van der Waals surface area contributed by atoms with E-state index >= 15 is 0 Å². The standard InChI is InChI=1S/C10H8BrN3OS/c1-6-7(11)2-3-9(13-6)14-10(15)8-4-16-5-12-8/h2-5H,1H3,(H,13,14,15). The number of carbonyl (C=O) groups excluding carboxylic acids is 1. The van der Waals surface area contributed by atoms with Crippen molar-refractivity contribution in [2.24, 2.45) is 0 Å². The highest BCUT2D eigenvalue weighted by atomic mass is 79.9. The van der Waals surface area contributed by atoms with Gasteiger partial charge in [0.05, 0.1) is 11.2 Å². The third-order valence-corrected chi connectivity index (χ3v) is 3.35. The number of thiazole rings is 1. The second-order valence-electron chi connectivity index (χ2n) is 3.09. The number of carbonyl (C=O) groups is 1. The number of aromatic nitrogens is 2. The van der Waals surface area contributed by atoms with Crippen LogP contribution in [-0.4, -0.2) is 15.9 Å². The molecule has 2 aromatic rings. The summed E-state index contributed by atoms with van der Waals surface area (Å²) in [5, 5.41) is 4.38. The van der Waals surface area contributed by atoms with E-state index in [0.29, 0.717) is 11.5 Å². The summed E-state index contributed by atoms with van der Waals surface area (Å²) in [6.07, 6.45) is 0. The lowest BCUT2D eigenvalue weighted by molar-refractivity contribution is 0.102. The van der Waals surface area contributed by atoms with Gasteiger partial charge in [-0.15, -0.1) is 11.3 Å². The summed E-state index contributed by atoms with van der Waals surface area (Å²) in [6.45, 7) is 1.86. The first-order valence-electron chi connectivity index (χ1n) is 4.49. The Morgan fingerprint density at radius 2 is 2.31 bits per heavy atom. The maximum Gasteiger partial charge on any atom is 0.276 e. The average molecular weight is 298 g/mol. The summed E-state index contributed by atoms with van der Waals surface area (Å²) in [5.74, 6) is 0.286. The quantitative estimate of drug-likeness (QED) is 0.927. The van der Waals surface area contributed by atoms with Gasteiger partial charge in [0.25, 0.3) is 5.91 Å². The molecule has 2 heterocycles. The molecule has 2 aromatic heterocycles. The maximum atomic E-state index is 11.7. The molecule has 2 rings (SSSR count). The zero-order valence-electron chi connectivity index (χ0n) is 8.40. The second-order valence-corrected chi connectivity index (χ2v) is 4.66. The average Bonchev–Trinajstić information content (AvgIpc) is 2.77. The molecular formula is C10H8BrN3OS. The Hall–Kier alpha value is -1.27. The van der Waals surface area contributed by atoms with E-state index in [-0.39, 0.29) is 5.91 Å². The molecule has 0 fully saturated rings. The van der Waals surface area contributed by atoms with Crippen LogP contribution in [0, 0.1) is 6.92 Å². The Bertz CT molecular complexity index is 513. The maximum absolute atomic E-state index is 11.7. The van der Waals surface area contributed by atoms with Crippen molar-refractivity contribution < 1.29 is 4.79 Å². The SMILES string of the molecule is Cc1nc(NC(=O)c2cscn2)ccc1Br. The van der Waals surface area contributed by atoms with Crippen molar-refractivity contribution >= 4 is 39.0 Å². The van der Waals surface area contributed by atoms with Gasteiger partial charge in [-0.25, -0.2) is 9.97 Å². The number of pyridine rings is 1. The Labute approximate surface area is 105 Å². The van der Waals surface area contributed by atoms with E-state index in [2.05, 4.69) is 31.2 Å². The third-order valence-electron chi connectivity index (χ3n) is 1.93. The molecule has 0 aliphatic carbocycles. The minimum Gasteiger partial charge on any atom is -0.305 e. The van der Waals surface area contributed by atoms with Gasteiger partial charge in [-0.2, -0.15) is 0 Å². The molecule has 0 saturated heterocycles. The number of anilines is 1. The number of rotatable bonds is 2. The van der Waals surface area contributed by atoms with E-state index in [0.717, 1.165) is 10.2 Å². The highest BCUT2D eigenvalue weighted by Gasteiger charge is 2.08. The number of halogens is 1.